The van der Waals surface area contributed by atoms with Gasteiger partial charge in [-0.05, 0) is 43.4 Å². The van der Waals surface area contributed by atoms with Gasteiger partial charge in [0.05, 0.1) is 6.10 Å². The maximum Gasteiger partial charge on any atom is 0.0586 e. The third-order valence-electron chi connectivity index (χ3n) is 4.50. The molecule has 2 saturated carbocycles. The van der Waals surface area contributed by atoms with E-state index in [1.807, 2.05) is 7.11 Å². The van der Waals surface area contributed by atoms with E-state index in [4.69, 9.17) is 4.74 Å². The van der Waals surface area contributed by atoms with Crippen LogP contribution in [0.3, 0.4) is 0 Å². The molecule has 2 nitrogen and oxygen atoms in total. The Morgan fingerprint density at radius 3 is 2.44 bits per heavy atom. The lowest BCUT2D eigenvalue weighted by atomic mass is 9.91. The summed E-state index contributed by atoms with van der Waals surface area (Å²) in [6.45, 7) is 7.20. The van der Waals surface area contributed by atoms with Crippen molar-refractivity contribution in [2.24, 2.45) is 11.3 Å². The largest absolute Gasteiger partial charge is 0.381 e. The quantitative estimate of drug-likeness (QED) is 0.797. The number of hydrogen-bond donors (Lipinski definition) is 1. The fourth-order valence-corrected chi connectivity index (χ4v) is 3.73. The Balaban J connectivity index is 1.82. The van der Waals surface area contributed by atoms with Crippen molar-refractivity contribution in [2.45, 2.75) is 71.1 Å². The van der Waals surface area contributed by atoms with E-state index in [2.05, 4.69) is 26.1 Å². The fraction of sp³-hybridized carbons (Fsp3) is 1.00. The topological polar surface area (TPSA) is 21.3 Å². The predicted molar refractivity (Wildman–Crippen MR) is 67.5 cm³/mol. The molecule has 0 bridgehead atoms. The summed E-state index contributed by atoms with van der Waals surface area (Å²) in [6.07, 6.45) is 6.94. The number of methoxy groups -OCH3 is 1. The Hall–Kier alpha value is -0.0800. The summed E-state index contributed by atoms with van der Waals surface area (Å²) in [5, 5.41) is 3.87. The van der Waals surface area contributed by atoms with E-state index in [9.17, 15) is 0 Å². The van der Waals surface area contributed by atoms with Crippen LogP contribution in [0.5, 0.6) is 0 Å². The van der Waals surface area contributed by atoms with Crippen LogP contribution in [-0.2, 0) is 4.74 Å². The SMILES string of the molecule is COC1CCC(NC2CC(C)(C)CC2C)C1. The molecule has 2 aliphatic rings. The molecular weight excluding hydrogens is 198 g/mol. The zero-order valence-corrected chi connectivity index (χ0v) is 11.3. The average molecular weight is 225 g/mol. The molecule has 2 heteroatoms. The number of hydrogen-bond acceptors (Lipinski definition) is 2. The third kappa shape index (κ3) is 2.78. The van der Waals surface area contributed by atoms with Crippen molar-refractivity contribution < 1.29 is 4.74 Å². The van der Waals surface area contributed by atoms with E-state index in [-0.39, 0.29) is 0 Å². The van der Waals surface area contributed by atoms with E-state index in [1.165, 1.54) is 32.1 Å². The molecule has 0 heterocycles. The first-order chi connectivity index (χ1) is 7.50. The van der Waals surface area contributed by atoms with E-state index in [0.717, 1.165) is 12.0 Å². The molecule has 2 fully saturated rings. The highest BCUT2D eigenvalue weighted by molar-refractivity contribution is 4.94. The Morgan fingerprint density at radius 2 is 1.94 bits per heavy atom. The second kappa shape index (κ2) is 4.66. The summed E-state index contributed by atoms with van der Waals surface area (Å²) in [7, 11) is 1.84. The van der Waals surface area contributed by atoms with E-state index >= 15 is 0 Å². The molecule has 0 aliphatic heterocycles. The summed E-state index contributed by atoms with van der Waals surface area (Å²) >= 11 is 0. The molecule has 0 radical (unpaired) electrons. The first-order valence-electron chi connectivity index (χ1n) is 6.79. The van der Waals surface area contributed by atoms with E-state index in [1.54, 1.807) is 0 Å². The minimum atomic E-state index is 0.502. The first-order valence-corrected chi connectivity index (χ1v) is 6.79. The highest BCUT2D eigenvalue weighted by atomic mass is 16.5. The smallest absolute Gasteiger partial charge is 0.0586 e. The van der Waals surface area contributed by atoms with Crippen LogP contribution in [0.25, 0.3) is 0 Å². The number of nitrogens with one attached hydrogen (secondary N) is 1. The first kappa shape index (κ1) is 12.4. The van der Waals surface area contributed by atoms with Crippen molar-refractivity contribution in [3.05, 3.63) is 0 Å². The van der Waals surface area contributed by atoms with E-state index < -0.39 is 0 Å². The van der Waals surface area contributed by atoms with Gasteiger partial charge in [0.2, 0.25) is 0 Å². The molecule has 2 rings (SSSR count). The Kier molecular flexibility index (Phi) is 3.60. The van der Waals surface area contributed by atoms with Gasteiger partial charge in [0.15, 0.2) is 0 Å². The molecule has 1 N–H and O–H groups in total. The van der Waals surface area contributed by atoms with Crippen molar-refractivity contribution in [2.75, 3.05) is 7.11 Å². The highest BCUT2D eigenvalue weighted by Gasteiger charge is 2.38. The molecule has 0 saturated heterocycles. The molecule has 2 aliphatic carbocycles. The molecule has 0 spiro atoms. The Labute approximate surface area is 100 Å². The third-order valence-corrected chi connectivity index (χ3v) is 4.50. The van der Waals surface area contributed by atoms with Crippen LogP contribution in [0.15, 0.2) is 0 Å². The van der Waals surface area contributed by atoms with Crippen LogP contribution in [0.1, 0.15) is 52.9 Å². The minimum absolute atomic E-state index is 0.502. The molecule has 0 aromatic carbocycles. The van der Waals surface area contributed by atoms with Crippen molar-refractivity contribution >= 4 is 0 Å². The van der Waals surface area contributed by atoms with Gasteiger partial charge in [0.25, 0.3) is 0 Å². The summed E-state index contributed by atoms with van der Waals surface area (Å²) in [6, 6.07) is 1.43. The van der Waals surface area contributed by atoms with Crippen molar-refractivity contribution in [3.63, 3.8) is 0 Å². The zero-order chi connectivity index (χ0) is 11.8. The van der Waals surface area contributed by atoms with Gasteiger partial charge in [-0.2, -0.15) is 0 Å². The maximum absolute atomic E-state index is 5.43. The molecular formula is C14H27NO. The van der Waals surface area contributed by atoms with Crippen LogP contribution < -0.4 is 5.32 Å². The highest BCUT2D eigenvalue weighted by Crippen LogP contribution is 2.41. The van der Waals surface area contributed by atoms with Crippen LogP contribution >= 0.6 is 0 Å². The van der Waals surface area contributed by atoms with Crippen LogP contribution in [0.4, 0.5) is 0 Å². The van der Waals surface area contributed by atoms with Gasteiger partial charge in [-0.25, -0.2) is 0 Å². The van der Waals surface area contributed by atoms with Gasteiger partial charge in [-0.15, -0.1) is 0 Å². The van der Waals surface area contributed by atoms with Gasteiger partial charge in [0, 0.05) is 19.2 Å². The molecule has 16 heavy (non-hydrogen) atoms. The minimum Gasteiger partial charge on any atom is -0.381 e. The van der Waals surface area contributed by atoms with Crippen molar-refractivity contribution in [1.29, 1.82) is 0 Å². The Bertz CT molecular complexity index is 239. The monoisotopic (exact) mass is 225 g/mol. The summed E-state index contributed by atoms with van der Waals surface area (Å²) in [4.78, 5) is 0. The summed E-state index contributed by atoms with van der Waals surface area (Å²) < 4.78 is 5.43. The molecule has 0 amide bonds. The summed E-state index contributed by atoms with van der Waals surface area (Å²) in [5.41, 5.74) is 0.538. The van der Waals surface area contributed by atoms with Gasteiger partial charge < -0.3 is 10.1 Å². The van der Waals surface area contributed by atoms with Gasteiger partial charge in [0.1, 0.15) is 0 Å². The van der Waals surface area contributed by atoms with Crippen molar-refractivity contribution in [1.82, 2.24) is 5.32 Å². The average Bonchev–Trinajstić information content (AvgIpc) is 2.72. The molecule has 4 atom stereocenters. The lowest BCUT2D eigenvalue weighted by Crippen LogP contribution is -2.39. The van der Waals surface area contributed by atoms with Crippen LogP contribution in [0, 0.1) is 11.3 Å². The molecule has 4 unspecified atom stereocenters. The molecule has 94 valence electrons. The maximum atomic E-state index is 5.43. The normalized spacial score (nSPS) is 42.8. The lowest BCUT2D eigenvalue weighted by molar-refractivity contribution is 0.106. The van der Waals surface area contributed by atoms with Gasteiger partial charge in [-0.3, -0.25) is 0 Å². The summed E-state index contributed by atoms with van der Waals surface area (Å²) in [5.74, 6) is 0.830. The van der Waals surface area contributed by atoms with Gasteiger partial charge >= 0.3 is 0 Å². The lowest BCUT2D eigenvalue weighted by Gasteiger charge is -2.23. The van der Waals surface area contributed by atoms with E-state index in [0.29, 0.717) is 17.6 Å². The molecule has 0 aromatic heterocycles. The molecule has 0 aromatic rings. The predicted octanol–water partition coefficient (Wildman–Crippen LogP) is 2.97. The Morgan fingerprint density at radius 1 is 1.19 bits per heavy atom. The van der Waals surface area contributed by atoms with Gasteiger partial charge in [-0.1, -0.05) is 20.8 Å². The second-order valence-electron chi connectivity index (χ2n) is 6.69. The van der Waals surface area contributed by atoms with Crippen molar-refractivity contribution in [3.8, 4) is 0 Å². The fourth-order valence-electron chi connectivity index (χ4n) is 3.73. The zero-order valence-electron chi connectivity index (χ0n) is 11.3. The van der Waals surface area contributed by atoms with Crippen LogP contribution in [0.2, 0.25) is 0 Å². The standard InChI is InChI=1S/C14H27NO/c1-10-8-14(2,3)9-13(10)15-11-5-6-12(7-11)16-4/h10-13,15H,5-9H2,1-4H3. The van der Waals surface area contributed by atoms with Crippen LogP contribution in [-0.4, -0.2) is 25.3 Å². The number of rotatable bonds is 3. The second-order valence-corrected chi connectivity index (χ2v) is 6.69. The number of ether oxygens (including phenoxy) is 1.